The summed E-state index contributed by atoms with van der Waals surface area (Å²) < 4.78 is 38.7. The molecule has 2 aromatic carbocycles. The van der Waals surface area contributed by atoms with E-state index in [2.05, 4.69) is 4.72 Å². The summed E-state index contributed by atoms with van der Waals surface area (Å²) >= 11 is 6.16. The van der Waals surface area contributed by atoms with Crippen molar-refractivity contribution in [2.24, 2.45) is 0 Å². The summed E-state index contributed by atoms with van der Waals surface area (Å²) in [4.78, 5) is 11.1. The first-order chi connectivity index (χ1) is 12.3. The number of benzene rings is 2. The molecule has 1 aliphatic heterocycles. The minimum Gasteiger partial charge on any atom is -0.490 e. The third-order valence-corrected chi connectivity index (χ3v) is 5.51. The van der Waals surface area contributed by atoms with Gasteiger partial charge >= 0.3 is 5.97 Å². The molecule has 7 nitrogen and oxygen atoms in total. The number of anilines is 1. The molecule has 26 heavy (non-hydrogen) atoms. The minimum absolute atomic E-state index is 0.0855. The average molecular weight is 398 g/mol. The van der Waals surface area contributed by atoms with Crippen LogP contribution in [0.5, 0.6) is 11.5 Å². The van der Waals surface area contributed by atoms with Gasteiger partial charge in [0.05, 0.1) is 34.4 Å². The number of sulfonamides is 1. The van der Waals surface area contributed by atoms with Crippen LogP contribution < -0.4 is 14.2 Å². The number of rotatable bonds is 4. The number of carboxylic acid groups (broad SMARTS) is 1. The molecule has 2 aromatic rings. The number of halogens is 1. The van der Waals surface area contributed by atoms with Crippen LogP contribution in [-0.4, -0.2) is 32.7 Å². The van der Waals surface area contributed by atoms with Gasteiger partial charge in [0.15, 0.2) is 11.5 Å². The van der Waals surface area contributed by atoms with Gasteiger partial charge in [0, 0.05) is 18.6 Å². The predicted octanol–water partition coefficient (Wildman–Crippen LogP) is 3.31. The van der Waals surface area contributed by atoms with Gasteiger partial charge < -0.3 is 14.6 Å². The first-order valence-electron chi connectivity index (χ1n) is 7.74. The van der Waals surface area contributed by atoms with Crippen LogP contribution >= 0.6 is 11.6 Å². The van der Waals surface area contributed by atoms with Gasteiger partial charge in [0.2, 0.25) is 0 Å². The molecule has 0 aromatic heterocycles. The summed E-state index contributed by atoms with van der Waals surface area (Å²) in [6, 6.07) is 6.82. The smallest absolute Gasteiger partial charge is 0.335 e. The van der Waals surface area contributed by atoms with Crippen LogP contribution in [-0.2, 0) is 10.0 Å². The number of hydrogen-bond acceptors (Lipinski definition) is 5. The van der Waals surface area contributed by atoms with Crippen LogP contribution in [0.25, 0.3) is 0 Å². The molecule has 0 saturated heterocycles. The van der Waals surface area contributed by atoms with Crippen molar-refractivity contribution in [3.63, 3.8) is 0 Å². The van der Waals surface area contributed by atoms with E-state index < -0.39 is 16.0 Å². The van der Waals surface area contributed by atoms with Crippen LogP contribution in [0.2, 0.25) is 5.02 Å². The van der Waals surface area contributed by atoms with Crippen molar-refractivity contribution in [2.75, 3.05) is 17.9 Å². The zero-order valence-electron chi connectivity index (χ0n) is 13.8. The van der Waals surface area contributed by atoms with E-state index in [-0.39, 0.29) is 21.2 Å². The van der Waals surface area contributed by atoms with Crippen molar-refractivity contribution in [3.05, 3.63) is 46.5 Å². The maximum absolute atomic E-state index is 12.6. The highest BCUT2D eigenvalue weighted by Crippen LogP contribution is 2.38. The molecule has 0 unspecified atom stereocenters. The molecule has 0 bridgehead atoms. The number of aromatic carboxylic acids is 1. The molecule has 0 atom stereocenters. The van der Waals surface area contributed by atoms with E-state index in [0.717, 1.165) is 6.07 Å². The summed E-state index contributed by atoms with van der Waals surface area (Å²) in [5.74, 6) is -0.369. The Balaban J connectivity index is 1.96. The number of fused-ring (bicyclic) bond motifs is 1. The third kappa shape index (κ3) is 3.71. The molecule has 9 heteroatoms. The number of ether oxygens (including phenoxy) is 2. The number of carbonyl (C=O) groups is 1. The molecule has 1 heterocycles. The fourth-order valence-corrected chi connectivity index (χ4v) is 3.82. The summed E-state index contributed by atoms with van der Waals surface area (Å²) in [6.07, 6.45) is 0.703. The Hall–Kier alpha value is -2.45. The van der Waals surface area contributed by atoms with Crippen molar-refractivity contribution >= 4 is 33.3 Å². The molecule has 1 aliphatic rings. The quantitative estimate of drug-likeness (QED) is 0.820. The van der Waals surface area contributed by atoms with Crippen molar-refractivity contribution in [1.29, 1.82) is 0 Å². The summed E-state index contributed by atoms with van der Waals surface area (Å²) in [5.41, 5.74) is 0.496. The van der Waals surface area contributed by atoms with E-state index in [4.69, 9.17) is 21.1 Å². The first-order valence-corrected chi connectivity index (χ1v) is 9.60. The second-order valence-corrected chi connectivity index (χ2v) is 7.81. The summed E-state index contributed by atoms with van der Waals surface area (Å²) in [5, 5.41) is 9.32. The molecule has 0 fully saturated rings. The van der Waals surface area contributed by atoms with Crippen LogP contribution in [0.4, 0.5) is 5.69 Å². The lowest BCUT2D eigenvalue weighted by Gasteiger charge is -2.14. The average Bonchev–Trinajstić information content (AvgIpc) is 2.79. The topological polar surface area (TPSA) is 102 Å². The molecule has 3 rings (SSSR count). The fraction of sp³-hybridized carbons (Fsp3) is 0.235. The van der Waals surface area contributed by atoms with E-state index in [1.807, 2.05) is 0 Å². The summed E-state index contributed by atoms with van der Waals surface area (Å²) in [7, 11) is -4.04. The maximum atomic E-state index is 12.6. The summed E-state index contributed by atoms with van der Waals surface area (Å²) in [6.45, 7) is 2.52. The van der Waals surface area contributed by atoms with Gasteiger partial charge in [-0.25, -0.2) is 13.2 Å². The Labute approximate surface area is 155 Å². The zero-order chi connectivity index (χ0) is 18.9. The van der Waals surface area contributed by atoms with Gasteiger partial charge in [0.25, 0.3) is 10.0 Å². The Morgan fingerprint density at radius 1 is 1.15 bits per heavy atom. The molecule has 2 N–H and O–H groups in total. The standard InChI is InChI=1S/C17H16ClNO6S/c1-10-3-4-11(7-12(10)17(20)21)26(22,23)19-14-9-16-15(8-13(14)18)24-5-2-6-25-16/h3-4,7-9,19H,2,5-6H2,1H3,(H,20,21). The lowest BCUT2D eigenvalue weighted by molar-refractivity contribution is 0.0696. The van der Waals surface area contributed by atoms with Crippen LogP contribution in [0.1, 0.15) is 22.3 Å². The van der Waals surface area contributed by atoms with Gasteiger partial charge in [-0.1, -0.05) is 17.7 Å². The molecule has 138 valence electrons. The number of carboxylic acids is 1. The SMILES string of the molecule is Cc1ccc(S(=O)(=O)Nc2cc3c(cc2Cl)OCCCO3)cc1C(=O)O. The van der Waals surface area contributed by atoms with E-state index >= 15 is 0 Å². The van der Waals surface area contributed by atoms with Gasteiger partial charge in [-0.3, -0.25) is 4.72 Å². The van der Waals surface area contributed by atoms with Gasteiger partial charge in [0.1, 0.15) is 0 Å². The van der Waals surface area contributed by atoms with E-state index in [9.17, 15) is 18.3 Å². The van der Waals surface area contributed by atoms with Crippen molar-refractivity contribution in [3.8, 4) is 11.5 Å². The van der Waals surface area contributed by atoms with Gasteiger partial charge in [-0.15, -0.1) is 0 Å². The van der Waals surface area contributed by atoms with Gasteiger partial charge in [-0.05, 0) is 24.6 Å². The van der Waals surface area contributed by atoms with Gasteiger partial charge in [-0.2, -0.15) is 0 Å². The molecule has 0 aliphatic carbocycles. The Morgan fingerprint density at radius 3 is 2.46 bits per heavy atom. The van der Waals surface area contributed by atoms with Crippen molar-refractivity contribution in [2.45, 2.75) is 18.2 Å². The van der Waals surface area contributed by atoms with Crippen LogP contribution in [0, 0.1) is 6.92 Å². The highest BCUT2D eigenvalue weighted by molar-refractivity contribution is 7.92. The van der Waals surface area contributed by atoms with Crippen molar-refractivity contribution in [1.82, 2.24) is 0 Å². The van der Waals surface area contributed by atoms with Crippen LogP contribution in [0.3, 0.4) is 0 Å². The van der Waals surface area contributed by atoms with E-state index in [0.29, 0.717) is 36.7 Å². The molecule has 0 saturated carbocycles. The number of nitrogens with one attached hydrogen (secondary N) is 1. The monoisotopic (exact) mass is 397 g/mol. The highest BCUT2D eigenvalue weighted by Gasteiger charge is 2.21. The normalized spacial score (nSPS) is 13.8. The number of hydrogen-bond donors (Lipinski definition) is 2. The zero-order valence-corrected chi connectivity index (χ0v) is 15.4. The molecular formula is C17H16ClNO6S. The minimum atomic E-state index is -4.04. The van der Waals surface area contributed by atoms with Crippen molar-refractivity contribution < 1.29 is 27.8 Å². The first kappa shape index (κ1) is 18.3. The lowest BCUT2D eigenvalue weighted by Crippen LogP contribution is -2.14. The lowest BCUT2D eigenvalue weighted by atomic mass is 10.1. The molecule has 0 radical (unpaired) electrons. The predicted molar refractivity (Wildman–Crippen MR) is 96.0 cm³/mol. The Bertz CT molecular complexity index is 973. The second-order valence-electron chi connectivity index (χ2n) is 5.72. The largest absolute Gasteiger partial charge is 0.490 e. The van der Waals surface area contributed by atoms with E-state index in [1.54, 1.807) is 6.92 Å². The Kier molecular flexibility index (Phi) is 4.97. The molecule has 0 amide bonds. The number of aryl methyl sites for hydroxylation is 1. The molecular weight excluding hydrogens is 382 g/mol. The Morgan fingerprint density at radius 2 is 1.81 bits per heavy atom. The second kappa shape index (κ2) is 7.05. The fourth-order valence-electron chi connectivity index (χ4n) is 2.46. The third-order valence-electron chi connectivity index (χ3n) is 3.83. The van der Waals surface area contributed by atoms with E-state index in [1.165, 1.54) is 24.3 Å². The molecule has 0 spiro atoms. The maximum Gasteiger partial charge on any atom is 0.335 e. The highest BCUT2D eigenvalue weighted by atomic mass is 35.5. The van der Waals surface area contributed by atoms with Crippen LogP contribution in [0.15, 0.2) is 35.2 Å².